The number of methoxy groups -OCH3 is 1. The molecule has 192 valence electrons. The summed E-state index contributed by atoms with van der Waals surface area (Å²) in [6.45, 7) is 7.46. The molecule has 3 amide bonds. The molecule has 2 saturated heterocycles. The molecule has 36 heavy (non-hydrogen) atoms. The predicted octanol–water partition coefficient (Wildman–Crippen LogP) is 3.25. The summed E-state index contributed by atoms with van der Waals surface area (Å²) in [5.41, 5.74) is 1.11. The van der Waals surface area contributed by atoms with E-state index in [2.05, 4.69) is 5.32 Å². The average molecular weight is 494 g/mol. The maximum absolute atomic E-state index is 13.8. The number of hydrogen-bond donors (Lipinski definition) is 1. The van der Waals surface area contributed by atoms with Gasteiger partial charge in [-0.15, -0.1) is 0 Å². The number of likely N-dealkylation sites (tertiary alicyclic amines) is 1. The minimum absolute atomic E-state index is 0.0930. The Bertz CT molecular complexity index is 1120. The van der Waals surface area contributed by atoms with E-state index in [1.165, 1.54) is 0 Å². The predicted molar refractivity (Wildman–Crippen MR) is 136 cm³/mol. The molecule has 2 aromatic carbocycles. The standard InChI is InChI=1S/C28H35N3O5/c1-19(2)17-29-25(32)24-18-36-28(31(24)27(34)21-8-5-7-20(3)15-21)11-13-30(14-12-28)26(33)22-9-6-10-23(16-22)35-4/h5-10,15-16,19,24H,11-14,17-18H2,1-4H3,(H,29,32)/t24-/m1/s1. The van der Waals surface area contributed by atoms with E-state index < -0.39 is 11.8 Å². The van der Waals surface area contributed by atoms with Crippen molar-refractivity contribution in [3.8, 4) is 5.75 Å². The van der Waals surface area contributed by atoms with Crippen molar-refractivity contribution < 1.29 is 23.9 Å². The summed E-state index contributed by atoms with van der Waals surface area (Å²) in [5, 5.41) is 2.96. The Morgan fingerprint density at radius 2 is 1.72 bits per heavy atom. The normalized spacial score (nSPS) is 19.0. The van der Waals surface area contributed by atoms with Crippen molar-refractivity contribution in [1.29, 1.82) is 0 Å². The quantitative estimate of drug-likeness (QED) is 0.668. The Morgan fingerprint density at radius 1 is 1.06 bits per heavy atom. The Hall–Kier alpha value is -3.39. The van der Waals surface area contributed by atoms with Crippen LogP contribution in [0.25, 0.3) is 0 Å². The van der Waals surface area contributed by atoms with Gasteiger partial charge >= 0.3 is 0 Å². The van der Waals surface area contributed by atoms with Gasteiger partial charge in [0, 0.05) is 43.6 Å². The Labute approximate surface area is 212 Å². The molecular weight excluding hydrogens is 458 g/mol. The van der Waals surface area contributed by atoms with Gasteiger partial charge in [-0.3, -0.25) is 19.3 Å². The van der Waals surface area contributed by atoms with Gasteiger partial charge in [-0.25, -0.2) is 0 Å². The number of hydrogen-bond acceptors (Lipinski definition) is 5. The van der Waals surface area contributed by atoms with Crippen LogP contribution in [0.2, 0.25) is 0 Å². The van der Waals surface area contributed by atoms with Crippen molar-refractivity contribution in [3.05, 3.63) is 65.2 Å². The van der Waals surface area contributed by atoms with Crippen LogP contribution < -0.4 is 10.1 Å². The number of ether oxygens (including phenoxy) is 2. The van der Waals surface area contributed by atoms with E-state index in [0.29, 0.717) is 49.4 Å². The first-order valence-electron chi connectivity index (χ1n) is 12.5. The van der Waals surface area contributed by atoms with Crippen molar-refractivity contribution in [3.63, 3.8) is 0 Å². The second kappa shape index (κ2) is 10.7. The largest absolute Gasteiger partial charge is 0.497 e. The molecular formula is C28H35N3O5. The molecule has 2 aliphatic heterocycles. The van der Waals surface area contributed by atoms with Gasteiger partial charge in [0.05, 0.1) is 13.7 Å². The summed E-state index contributed by atoms with van der Waals surface area (Å²) in [6.07, 6.45) is 0.850. The summed E-state index contributed by atoms with van der Waals surface area (Å²) in [7, 11) is 1.57. The summed E-state index contributed by atoms with van der Waals surface area (Å²) in [6, 6.07) is 13.7. The summed E-state index contributed by atoms with van der Waals surface area (Å²) < 4.78 is 11.5. The monoisotopic (exact) mass is 493 g/mol. The molecule has 0 aliphatic carbocycles. The Balaban J connectivity index is 1.56. The van der Waals surface area contributed by atoms with E-state index >= 15 is 0 Å². The highest BCUT2D eigenvalue weighted by molar-refractivity contribution is 5.99. The van der Waals surface area contributed by atoms with Crippen LogP contribution in [0.4, 0.5) is 0 Å². The molecule has 4 rings (SSSR count). The van der Waals surface area contributed by atoms with Gasteiger partial charge < -0.3 is 19.7 Å². The van der Waals surface area contributed by atoms with Gasteiger partial charge in [-0.1, -0.05) is 37.6 Å². The average Bonchev–Trinajstić information content (AvgIpc) is 3.25. The smallest absolute Gasteiger partial charge is 0.256 e. The lowest BCUT2D eigenvalue weighted by atomic mass is 9.95. The number of rotatable bonds is 6. The molecule has 1 spiro atoms. The van der Waals surface area contributed by atoms with Gasteiger partial charge in [0.2, 0.25) is 5.91 Å². The lowest BCUT2D eigenvalue weighted by Gasteiger charge is -2.44. The number of piperidine rings is 1. The van der Waals surface area contributed by atoms with E-state index in [-0.39, 0.29) is 30.2 Å². The molecule has 2 aromatic rings. The van der Waals surface area contributed by atoms with Crippen LogP contribution in [-0.4, -0.2) is 72.6 Å². The first-order chi connectivity index (χ1) is 17.2. The molecule has 8 heteroatoms. The summed E-state index contributed by atoms with van der Waals surface area (Å²) in [4.78, 5) is 43.5. The molecule has 0 aromatic heterocycles. The van der Waals surface area contributed by atoms with Gasteiger partial charge in [0.1, 0.15) is 17.5 Å². The topological polar surface area (TPSA) is 88.2 Å². The molecule has 0 bridgehead atoms. The van der Waals surface area contributed by atoms with Crippen LogP contribution in [0.5, 0.6) is 5.75 Å². The fourth-order valence-corrected chi connectivity index (χ4v) is 4.90. The number of nitrogens with one attached hydrogen (secondary N) is 1. The maximum Gasteiger partial charge on any atom is 0.256 e. The molecule has 1 N–H and O–H groups in total. The third-order valence-electron chi connectivity index (χ3n) is 6.88. The molecule has 2 heterocycles. The zero-order valence-corrected chi connectivity index (χ0v) is 21.5. The van der Waals surface area contributed by atoms with E-state index in [0.717, 1.165) is 5.56 Å². The van der Waals surface area contributed by atoms with Gasteiger partial charge in [0.25, 0.3) is 11.8 Å². The minimum atomic E-state index is -0.939. The van der Waals surface area contributed by atoms with Crippen LogP contribution in [0.3, 0.4) is 0 Å². The second-order valence-corrected chi connectivity index (χ2v) is 9.98. The fourth-order valence-electron chi connectivity index (χ4n) is 4.90. The van der Waals surface area contributed by atoms with Crippen LogP contribution in [0.15, 0.2) is 48.5 Å². The molecule has 1 atom stereocenters. The van der Waals surface area contributed by atoms with Crippen LogP contribution in [0.1, 0.15) is 53.0 Å². The molecule has 0 saturated carbocycles. The van der Waals surface area contributed by atoms with Crippen molar-refractivity contribution in [1.82, 2.24) is 15.1 Å². The van der Waals surface area contributed by atoms with E-state index in [4.69, 9.17) is 9.47 Å². The van der Waals surface area contributed by atoms with Crippen LogP contribution >= 0.6 is 0 Å². The van der Waals surface area contributed by atoms with Crippen molar-refractivity contribution in [2.75, 3.05) is 33.4 Å². The summed E-state index contributed by atoms with van der Waals surface area (Å²) in [5.74, 6) is 0.380. The highest BCUT2D eigenvalue weighted by Gasteiger charge is 2.54. The van der Waals surface area contributed by atoms with E-state index in [1.54, 1.807) is 47.2 Å². The van der Waals surface area contributed by atoms with Crippen molar-refractivity contribution in [2.45, 2.75) is 45.4 Å². The number of nitrogens with zero attached hydrogens (tertiary/aromatic N) is 2. The lowest BCUT2D eigenvalue weighted by Crippen LogP contribution is -2.60. The SMILES string of the molecule is COc1cccc(C(=O)N2CCC3(CC2)OC[C@H](C(=O)NCC(C)C)N3C(=O)c2cccc(C)c2)c1. The van der Waals surface area contributed by atoms with Crippen molar-refractivity contribution >= 4 is 17.7 Å². The zero-order valence-electron chi connectivity index (χ0n) is 21.5. The fraction of sp³-hybridized carbons (Fsp3) is 0.464. The molecule has 0 radical (unpaired) electrons. The maximum atomic E-state index is 13.8. The molecule has 8 nitrogen and oxygen atoms in total. The van der Waals surface area contributed by atoms with Crippen LogP contribution in [-0.2, 0) is 9.53 Å². The molecule has 2 fully saturated rings. The Kier molecular flexibility index (Phi) is 7.64. The van der Waals surface area contributed by atoms with E-state index in [9.17, 15) is 14.4 Å². The van der Waals surface area contributed by atoms with Crippen molar-refractivity contribution in [2.24, 2.45) is 5.92 Å². The van der Waals surface area contributed by atoms with Crippen LogP contribution in [0, 0.1) is 12.8 Å². The second-order valence-electron chi connectivity index (χ2n) is 9.98. The van der Waals surface area contributed by atoms with Gasteiger partial charge in [0.15, 0.2) is 0 Å². The number of benzene rings is 2. The first-order valence-corrected chi connectivity index (χ1v) is 12.5. The van der Waals surface area contributed by atoms with Gasteiger partial charge in [-0.2, -0.15) is 0 Å². The van der Waals surface area contributed by atoms with E-state index in [1.807, 2.05) is 39.0 Å². The molecule has 0 unspecified atom stereocenters. The lowest BCUT2D eigenvalue weighted by molar-refractivity contribution is -0.128. The zero-order chi connectivity index (χ0) is 25.9. The van der Waals surface area contributed by atoms with Gasteiger partial charge in [-0.05, 0) is 43.2 Å². The molecule has 2 aliphatic rings. The number of aryl methyl sites for hydroxylation is 1. The summed E-state index contributed by atoms with van der Waals surface area (Å²) >= 11 is 0. The third-order valence-corrected chi connectivity index (χ3v) is 6.88. The number of amides is 3. The highest BCUT2D eigenvalue weighted by atomic mass is 16.5. The minimum Gasteiger partial charge on any atom is -0.497 e. The number of carbonyl (C=O) groups excluding carboxylic acids is 3. The number of carbonyl (C=O) groups is 3. The first kappa shape index (κ1) is 25.7. The Morgan fingerprint density at radius 3 is 2.36 bits per heavy atom. The third kappa shape index (κ3) is 5.23. The highest BCUT2D eigenvalue weighted by Crippen LogP contribution is 2.39.